The van der Waals surface area contributed by atoms with E-state index in [0.29, 0.717) is 19.8 Å². The summed E-state index contributed by atoms with van der Waals surface area (Å²) in [6.07, 6.45) is 3.24. The van der Waals surface area contributed by atoms with Crippen molar-refractivity contribution in [3.05, 3.63) is 29.6 Å². The van der Waals surface area contributed by atoms with Crippen molar-refractivity contribution in [3.8, 4) is 0 Å². The fraction of sp³-hybridized carbons (Fsp3) is 0.462. The van der Waals surface area contributed by atoms with Crippen molar-refractivity contribution in [2.45, 2.75) is 19.8 Å². The van der Waals surface area contributed by atoms with Gasteiger partial charge in [0.2, 0.25) is 0 Å². The van der Waals surface area contributed by atoms with Crippen LogP contribution in [0.2, 0.25) is 0 Å². The minimum absolute atomic E-state index is 0.0550. The van der Waals surface area contributed by atoms with Crippen molar-refractivity contribution in [1.82, 2.24) is 10.3 Å². The summed E-state index contributed by atoms with van der Waals surface area (Å²) in [6.45, 7) is 3.64. The highest BCUT2D eigenvalue weighted by Gasteiger charge is 2.08. The van der Waals surface area contributed by atoms with Gasteiger partial charge in [-0.05, 0) is 18.6 Å². The molecule has 0 spiro atoms. The highest BCUT2D eigenvalue weighted by Crippen LogP contribution is 2.00. The lowest BCUT2D eigenvalue weighted by Crippen LogP contribution is -2.28. The number of hydrogen-bond acceptors (Lipinski definition) is 4. The maximum atomic E-state index is 11.6. The van der Waals surface area contributed by atoms with Crippen LogP contribution in [0.5, 0.6) is 0 Å². The summed E-state index contributed by atoms with van der Waals surface area (Å²) in [7, 11) is 0. The van der Waals surface area contributed by atoms with E-state index in [1.165, 1.54) is 12.1 Å². The first kappa shape index (κ1) is 15.1. The quantitative estimate of drug-likeness (QED) is 0.693. The fourth-order valence-corrected chi connectivity index (χ4v) is 1.33. The van der Waals surface area contributed by atoms with E-state index in [1.807, 2.05) is 0 Å². The number of hydrogen-bond donors (Lipinski definition) is 2. The van der Waals surface area contributed by atoms with Gasteiger partial charge in [0.05, 0.1) is 12.2 Å². The Morgan fingerprint density at radius 1 is 1.37 bits per heavy atom. The Kier molecular flexibility index (Phi) is 6.52. The van der Waals surface area contributed by atoms with E-state index < -0.39 is 5.97 Å². The Balaban J connectivity index is 2.31. The molecule has 6 heteroatoms. The molecule has 0 saturated carbocycles. The molecular formula is C13H18N2O4. The number of nitrogens with zero attached hydrogens (tertiary/aromatic N) is 1. The lowest BCUT2D eigenvalue weighted by molar-refractivity contribution is 0.0695. The molecular weight excluding hydrogens is 248 g/mol. The molecule has 1 aromatic rings. The zero-order valence-electron chi connectivity index (χ0n) is 10.9. The Morgan fingerprint density at radius 3 is 2.74 bits per heavy atom. The molecule has 104 valence electrons. The molecule has 0 unspecified atom stereocenters. The molecule has 2 N–H and O–H groups in total. The van der Waals surface area contributed by atoms with E-state index in [1.54, 1.807) is 0 Å². The van der Waals surface area contributed by atoms with Crippen LogP contribution in [0, 0.1) is 0 Å². The molecule has 1 aromatic heterocycles. The van der Waals surface area contributed by atoms with Gasteiger partial charge in [-0.25, -0.2) is 4.79 Å². The van der Waals surface area contributed by atoms with Crippen LogP contribution in [0.1, 0.15) is 40.6 Å². The molecule has 0 bridgehead atoms. The lowest BCUT2D eigenvalue weighted by Gasteiger charge is -2.05. The number of carboxylic acids is 1. The van der Waals surface area contributed by atoms with E-state index >= 15 is 0 Å². The number of rotatable bonds is 8. The molecule has 1 heterocycles. The third-order valence-electron chi connectivity index (χ3n) is 2.42. The topological polar surface area (TPSA) is 88.5 Å². The average Bonchev–Trinajstić information content (AvgIpc) is 2.42. The van der Waals surface area contributed by atoms with Gasteiger partial charge >= 0.3 is 5.97 Å². The van der Waals surface area contributed by atoms with Crippen LogP contribution >= 0.6 is 0 Å². The fourth-order valence-electron chi connectivity index (χ4n) is 1.33. The number of amides is 1. The van der Waals surface area contributed by atoms with Crippen LogP contribution in [0.4, 0.5) is 0 Å². The van der Waals surface area contributed by atoms with Crippen molar-refractivity contribution in [3.63, 3.8) is 0 Å². The number of ether oxygens (including phenoxy) is 1. The maximum Gasteiger partial charge on any atom is 0.337 e. The van der Waals surface area contributed by atoms with Gasteiger partial charge in [-0.15, -0.1) is 0 Å². The number of aromatic nitrogens is 1. The van der Waals surface area contributed by atoms with Gasteiger partial charge in [0.15, 0.2) is 0 Å². The molecule has 0 saturated heterocycles. The predicted octanol–water partition coefficient (Wildman–Crippen LogP) is 1.33. The zero-order chi connectivity index (χ0) is 14.1. The first-order valence-corrected chi connectivity index (χ1v) is 6.20. The minimum Gasteiger partial charge on any atom is -0.478 e. The van der Waals surface area contributed by atoms with E-state index in [9.17, 15) is 9.59 Å². The van der Waals surface area contributed by atoms with Crippen molar-refractivity contribution in [2.75, 3.05) is 19.8 Å². The molecule has 0 radical (unpaired) electrons. The number of carboxylic acid groups (broad SMARTS) is 1. The molecule has 1 rings (SSSR count). The summed E-state index contributed by atoms with van der Waals surface area (Å²) in [5, 5.41) is 11.4. The van der Waals surface area contributed by atoms with E-state index in [4.69, 9.17) is 9.84 Å². The summed E-state index contributed by atoms with van der Waals surface area (Å²) in [4.78, 5) is 26.1. The van der Waals surface area contributed by atoms with Gasteiger partial charge in [0.1, 0.15) is 5.69 Å². The second-order valence-corrected chi connectivity index (χ2v) is 3.96. The first-order chi connectivity index (χ1) is 9.15. The van der Waals surface area contributed by atoms with Gasteiger partial charge in [-0.1, -0.05) is 13.3 Å². The Labute approximate surface area is 111 Å². The molecule has 6 nitrogen and oxygen atoms in total. The molecule has 19 heavy (non-hydrogen) atoms. The lowest BCUT2D eigenvalue weighted by atomic mass is 10.2. The Hall–Kier alpha value is -1.95. The second-order valence-electron chi connectivity index (χ2n) is 3.96. The first-order valence-electron chi connectivity index (χ1n) is 6.20. The largest absolute Gasteiger partial charge is 0.478 e. The Bertz CT molecular complexity index is 417. The molecule has 1 amide bonds. The normalized spacial score (nSPS) is 10.2. The van der Waals surface area contributed by atoms with Gasteiger partial charge in [-0.2, -0.15) is 0 Å². The van der Waals surface area contributed by atoms with Gasteiger partial charge in [0, 0.05) is 19.3 Å². The minimum atomic E-state index is -1.07. The monoisotopic (exact) mass is 266 g/mol. The second kappa shape index (κ2) is 8.20. The smallest absolute Gasteiger partial charge is 0.337 e. The van der Waals surface area contributed by atoms with E-state index in [2.05, 4.69) is 17.2 Å². The molecule has 0 aromatic carbocycles. The van der Waals surface area contributed by atoms with Crippen LogP contribution in [-0.4, -0.2) is 41.7 Å². The van der Waals surface area contributed by atoms with Crippen LogP contribution in [0.15, 0.2) is 18.3 Å². The standard InChI is InChI=1S/C13H18N2O4/c1-2-3-7-19-8-6-14-12(16)11-5-4-10(9-15-11)13(17)18/h4-5,9H,2-3,6-8H2,1H3,(H,14,16)(H,17,18). The maximum absolute atomic E-state index is 11.6. The summed E-state index contributed by atoms with van der Waals surface area (Å²) in [6, 6.07) is 2.73. The highest BCUT2D eigenvalue weighted by atomic mass is 16.5. The van der Waals surface area contributed by atoms with E-state index in [0.717, 1.165) is 19.0 Å². The van der Waals surface area contributed by atoms with Crippen LogP contribution in [0.3, 0.4) is 0 Å². The molecule has 0 aliphatic carbocycles. The number of aromatic carboxylic acids is 1. The SMILES string of the molecule is CCCCOCCNC(=O)c1ccc(C(=O)O)cn1. The van der Waals surface area contributed by atoms with Gasteiger partial charge < -0.3 is 15.2 Å². The van der Waals surface area contributed by atoms with Gasteiger partial charge in [0.25, 0.3) is 5.91 Å². The number of unbranched alkanes of at least 4 members (excludes halogenated alkanes) is 1. The third kappa shape index (κ3) is 5.48. The van der Waals surface area contributed by atoms with Crippen LogP contribution in [-0.2, 0) is 4.74 Å². The highest BCUT2D eigenvalue weighted by molar-refractivity contribution is 5.93. The summed E-state index contributed by atoms with van der Waals surface area (Å²) >= 11 is 0. The zero-order valence-corrected chi connectivity index (χ0v) is 10.9. The number of nitrogens with one attached hydrogen (secondary N) is 1. The number of pyridine rings is 1. The third-order valence-corrected chi connectivity index (χ3v) is 2.42. The summed E-state index contributed by atoms with van der Waals surface area (Å²) in [5.74, 6) is -1.40. The van der Waals surface area contributed by atoms with E-state index in [-0.39, 0.29) is 17.2 Å². The molecule has 0 fully saturated rings. The van der Waals surface area contributed by atoms with Gasteiger partial charge in [-0.3, -0.25) is 9.78 Å². The average molecular weight is 266 g/mol. The van der Waals surface area contributed by atoms with Crippen molar-refractivity contribution < 1.29 is 19.4 Å². The predicted molar refractivity (Wildman–Crippen MR) is 69.3 cm³/mol. The summed E-state index contributed by atoms with van der Waals surface area (Å²) in [5.41, 5.74) is 0.248. The molecule has 0 aliphatic rings. The molecule has 0 aliphatic heterocycles. The Morgan fingerprint density at radius 2 is 2.16 bits per heavy atom. The molecule has 0 atom stereocenters. The van der Waals surface area contributed by atoms with Crippen molar-refractivity contribution >= 4 is 11.9 Å². The van der Waals surface area contributed by atoms with Crippen LogP contribution in [0.25, 0.3) is 0 Å². The van der Waals surface area contributed by atoms with Crippen LogP contribution < -0.4 is 5.32 Å². The number of carbonyl (C=O) groups excluding carboxylic acids is 1. The van der Waals surface area contributed by atoms with Crippen molar-refractivity contribution in [2.24, 2.45) is 0 Å². The summed E-state index contributed by atoms with van der Waals surface area (Å²) < 4.78 is 5.30. The number of carbonyl (C=O) groups is 2. The van der Waals surface area contributed by atoms with Crippen molar-refractivity contribution in [1.29, 1.82) is 0 Å².